The number of nitrogens with zero attached hydrogens (tertiary/aromatic N) is 3. The van der Waals surface area contributed by atoms with Crippen molar-refractivity contribution in [1.82, 2.24) is 14.9 Å². The van der Waals surface area contributed by atoms with Crippen LogP contribution in [0.5, 0.6) is 0 Å². The zero-order chi connectivity index (χ0) is 22.6. The second-order valence-electron chi connectivity index (χ2n) is 7.29. The molecule has 1 saturated heterocycles. The molecule has 1 aliphatic heterocycles. The van der Waals surface area contributed by atoms with Crippen LogP contribution in [-0.4, -0.2) is 52.8 Å². The van der Waals surface area contributed by atoms with Gasteiger partial charge in [-0.1, -0.05) is 42.1 Å². The van der Waals surface area contributed by atoms with Gasteiger partial charge in [0.15, 0.2) is 0 Å². The largest absolute Gasteiger partial charge is 0.451 e. The third kappa shape index (κ3) is 5.76. The first kappa shape index (κ1) is 22.5. The predicted octanol–water partition coefficient (Wildman–Crippen LogP) is 4.21. The smallest absolute Gasteiger partial charge is 0.379 e. The van der Waals surface area contributed by atoms with E-state index in [1.165, 1.54) is 6.07 Å². The lowest BCUT2D eigenvalue weighted by Crippen LogP contribution is -2.35. The lowest BCUT2D eigenvalue weighted by Gasteiger charge is -2.26. The Bertz CT molecular complexity index is 1090. The van der Waals surface area contributed by atoms with E-state index in [0.29, 0.717) is 11.1 Å². The SMILES string of the molecule is O=C(CSc1nc(C(F)(F)F)nc2ccccc12)Nc1ccc(CN2CCOCC2)cc1. The molecule has 168 valence electrons. The summed E-state index contributed by atoms with van der Waals surface area (Å²) in [5.74, 6) is -1.62. The highest BCUT2D eigenvalue weighted by Crippen LogP contribution is 2.32. The summed E-state index contributed by atoms with van der Waals surface area (Å²) in [4.78, 5) is 21.9. The van der Waals surface area contributed by atoms with Gasteiger partial charge in [-0.3, -0.25) is 9.69 Å². The van der Waals surface area contributed by atoms with Gasteiger partial charge in [0, 0.05) is 30.7 Å². The highest BCUT2D eigenvalue weighted by molar-refractivity contribution is 8.00. The quantitative estimate of drug-likeness (QED) is 0.437. The van der Waals surface area contributed by atoms with Crippen molar-refractivity contribution in [3.05, 3.63) is 59.9 Å². The standard InChI is InChI=1S/C22H21F3N4O2S/c23-22(24,25)21-27-18-4-2-1-3-17(18)20(28-21)32-14-19(30)26-16-7-5-15(6-8-16)13-29-9-11-31-12-10-29/h1-8H,9-14H2,(H,26,30). The summed E-state index contributed by atoms with van der Waals surface area (Å²) in [6, 6.07) is 14.0. The Kier molecular flexibility index (Phi) is 6.92. The summed E-state index contributed by atoms with van der Waals surface area (Å²) in [6.07, 6.45) is -4.66. The van der Waals surface area contributed by atoms with Crippen LogP contribution in [-0.2, 0) is 22.3 Å². The first-order chi connectivity index (χ1) is 15.4. The van der Waals surface area contributed by atoms with Crippen LogP contribution >= 0.6 is 11.8 Å². The lowest BCUT2D eigenvalue weighted by molar-refractivity contribution is -0.145. The number of anilines is 1. The molecule has 0 saturated carbocycles. The summed E-state index contributed by atoms with van der Waals surface area (Å²) in [5, 5.41) is 3.38. The average molecular weight is 462 g/mol. The van der Waals surface area contributed by atoms with Crippen molar-refractivity contribution in [2.24, 2.45) is 0 Å². The molecule has 0 spiro atoms. The summed E-state index contributed by atoms with van der Waals surface area (Å²) in [7, 11) is 0. The summed E-state index contributed by atoms with van der Waals surface area (Å²) >= 11 is 0.952. The van der Waals surface area contributed by atoms with E-state index in [4.69, 9.17) is 4.74 Å². The summed E-state index contributed by atoms with van der Waals surface area (Å²) in [5.41, 5.74) is 1.95. The molecule has 6 nitrogen and oxygen atoms in total. The van der Waals surface area contributed by atoms with E-state index in [1.807, 2.05) is 24.3 Å². The fourth-order valence-electron chi connectivity index (χ4n) is 3.33. The van der Waals surface area contributed by atoms with Gasteiger partial charge >= 0.3 is 6.18 Å². The topological polar surface area (TPSA) is 67.4 Å². The van der Waals surface area contributed by atoms with Gasteiger partial charge in [0.05, 0.1) is 24.5 Å². The van der Waals surface area contributed by atoms with Gasteiger partial charge < -0.3 is 10.1 Å². The van der Waals surface area contributed by atoms with Crippen molar-refractivity contribution in [1.29, 1.82) is 0 Å². The number of para-hydroxylation sites is 1. The third-order valence-corrected chi connectivity index (χ3v) is 5.90. The number of alkyl halides is 3. The molecule has 2 aromatic carbocycles. The van der Waals surface area contributed by atoms with Gasteiger partial charge in [-0.15, -0.1) is 0 Å². The number of morpholine rings is 1. The van der Waals surface area contributed by atoms with Crippen molar-refractivity contribution in [3.63, 3.8) is 0 Å². The summed E-state index contributed by atoms with van der Waals surface area (Å²) in [6.45, 7) is 4.07. The van der Waals surface area contributed by atoms with E-state index in [1.54, 1.807) is 18.2 Å². The number of halogens is 3. The molecule has 0 bridgehead atoms. The van der Waals surface area contributed by atoms with Crippen LogP contribution in [0.4, 0.5) is 18.9 Å². The Labute approximate surface area is 187 Å². The number of nitrogens with one attached hydrogen (secondary N) is 1. The molecular weight excluding hydrogens is 441 g/mol. The molecule has 4 rings (SSSR count). The van der Waals surface area contributed by atoms with Crippen LogP contribution < -0.4 is 5.32 Å². The average Bonchev–Trinajstić information content (AvgIpc) is 2.79. The Hall–Kier alpha value is -2.69. The van der Waals surface area contributed by atoms with Gasteiger partial charge in [-0.25, -0.2) is 9.97 Å². The maximum absolute atomic E-state index is 13.1. The van der Waals surface area contributed by atoms with Gasteiger partial charge in [0.1, 0.15) is 5.03 Å². The third-order valence-electron chi connectivity index (χ3n) is 4.91. The first-order valence-corrected chi connectivity index (χ1v) is 11.0. The monoisotopic (exact) mass is 462 g/mol. The Morgan fingerprint density at radius 3 is 2.50 bits per heavy atom. The second-order valence-corrected chi connectivity index (χ2v) is 8.25. The molecule has 2 heterocycles. The fraction of sp³-hybridized carbons (Fsp3) is 0.318. The highest BCUT2D eigenvalue weighted by atomic mass is 32.2. The number of fused-ring (bicyclic) bond motifs is 1. The van der Waals surface area contributed by atoms with Crippen LogP contribution in [0.15, 0.2) is 53.6 Å². The second kappa shape index (κ2) is 9.85. The van der Waals surface area contributed by atoms with Gasteiger partial charge in [0.2, 0.25) is 11.7 Å². The van der Waals surface area contributed by atoms with E-state index >= 15 is 0 Å². The van der Waals surface area contributed by atoms with E-state index in [-0.39, 0.29) is 22.2 Å². The molecule has 0 aliphatic carbocycles. The molecular formula is C22H21F3N4O2S. The number of carbonyl (C=O) groups excluding carboxylic acids is 1. The molecule has 1 amide bonds. The number of thioether (sulfide) groups is 1. The molecule has 1 aromatic heterocycles. The minimum atomic E-state index is -4.66. The van der Waals surface area contributed by atoms with Crippen LogP contribution in [0.3, 0.4) is 0 Å². The maximum Gasteiger partial charge on any atom is 0.451 e. The van der Waals surface area contributed by atoms with Crippen LogP contribution in [0.25, 0.3) is 10.9 Å². The van der Waals surface area contributed by atoms with Gasteiger partial charge in [0.25, 0.3) is 0 Å². The zero-order valence-corrected chi connectivity index (χ0v) is 17.9. The molecule has 10 heteroatoms. The highest BCUT2D eigenvalue weighted by Gasteiger charge is 2.35. The van der Waals surface area contributed by atoms with Crippen LogP contribution in [0.1, 0.15) is 11.4 Å². The first-order valence-electron chi connectivity index (χ1n) is 10.0. The molecule has 0 atom stereocenters. The zero-order valence-electron chi connectivity index (χ0n) is 17.1. The number of aromatic nitrogens is 2. The Morgan fingerprint density at radius 1 is 1.06 bits per heavy atom. The molecule has 32 heavy (non-hydrogen) atoms. The fourth-order valence-corrected chi connectivity index (χ4v) is 4.15. The van der Waals surface area contributed by atoms with Crippen LogP contribution in [0.2, 0.25) is 0 Å². The molecule has 0 radical (unpaired) electrons. The minimum Gasteiger partial charge on any atom is -0.379 e. The maximum atomic E-state index is 13.1. The molecule has 1 aliphatic rings. The van der Waals surface area contributed by atoms with Crippen molar-refractivity contribution >= 4 is 34.3 Å². The summed E-state index contributed by atoms with van der Waals surface area (Å²) < 4.78 is 44.8. The van der Waals surface area contributed by atoms with Crippen molar-refractivity contribution in [3.8, 4) is 0 Å². The molecule has 0 unspecified atom stereocenters. The Balaban J connectivity index is 1.38. The molecule has 1 fully saturated rings. The van der Waals surface area contributed by atoms with Crippen molar-refractivity contribution in [2.45, 2.75) is 17.7 Å². The predicted molar refractivity (Wildman–Crippen MR) is 116 cm³/mol. The number of hydrogen-bond donors (Lipinski definition) is 1. The minimum absolute atomic E-state index is 0.0756. The van der Waals surface area contributed by atoms with Crippen LogP contribution in [0, 0.1) is 0 Å². The number of ether oxygens (including phenoxy) is 1. The molecule has 3 aromatic rings. The number of carbonyl (C=O) groups is 1. The number of hydrogen-bond acceptors (Lipinski definition) is 6. The lowest BCUT2D eigenvalue weighted by atomic mass is 10.2. The number of amides is 1. The molecule has 1 N–H and O–H groups in total. The van der Waals surface area contributed by atoms with E-state index in [9.17, 15) is 18.0 Å². The van der Waals surface area contributed by atoms with E-state index in [0.717, 1.165) is 50.2 Å². The number of benzene rings is 2. The van der Waals surface area contributed by atoms with Gasteiger partial charge in [-0.2, -0.15) is 13.2 Å². The van der Waals surface area contributed by atoms with E-state index in [2.05, 4.69) is 20.2 Å². The van der Waals surface area contributed by atoms with Crippen molar-refractivity contribution < 1.29 is 22.7 Å². The van der Waals surface area contributed by atoms with Gasteiger partial charge in [-0.05, 0) is 23.8 Å². The Morgan fingerprint density at radius 2 is 1.78 bits per heavy atom. The number of rotatable bonds is 6. The van der Waals surface area contributed by atoms with Crippen molar-refractivity contribution in [2.75, 3.05) is 37.4 Å². The van der Waals surface area contributed by atoms with E-state index < -0.39 is 12.0 Å². The normalized spacial score (nSPS) is 15.1.